The van der Waals surface area contributed by atoms with Gasteiger partial charge in [-0.2, -0.15) is 0 Å². The molecule has 2 aromatic rings. The Morgan fingerprint density at radius 3 is 3.00 bits per heavy atom. The van der Waals surface area contributed by atoms with E-state index in [1.807, 2.05) is 30.7 Å². The molecule has 0 aliphatic carbocycles. The largest absolute Gasteiger partial charge is 0.497 e. The van der Waals surface area contributed by atoms with Crippen LogP contribution in [-0.4, -0.2) is 23.2 Å². The molecule has 5 heteroatoms. The number of nitrogens with zero attached hydrogens (tertiary/aromatic N) is 2. The molecule has 0 aliphatic rings. The average Bonchev–Trinajstić information content (AvgIpc) is 2.89. The number of nitrogen functional groups attached to an aromatic ring is 1. The monoisotopic (exact) mass is 246 g/mol. The van der Waals surface area contributed by atoms with Gasteiger partial charge in [0.2, 0.25) is 0 Å². The first-order valence-corrected chi connectivity index (χ1v) is 5.92. The minimum Gasteiger partial charge on any atom is -0.497 e. The molecule has 96 valence electrons. The normalized spacial score (nSPS) is 10.3. The fourth-order valence-electron chi connectivity index (χ4n) is 1.73. The van der Waals surface area contributed by atoms with Gasteiger partial charge in [-0.05, 0) is 18.6 Å². The quantitative estimate of drug-likeness (QED) is 0.604. The maximum Gasteiger partial charge on any atom is 0.121 e. The molecule has 0 radical (unpaired) electrons. The van der Waals surface area contributed by atoms with Crippen molar-refractivity contribution in [2.45, 2.75) is 13.0 Å². The van der Waals surface area contributed by atoms with E-state index in [0.717, 1.165) is 30.9 Å². The van der Waals surface area contributed by atoms with Gasteiger partial charge in [-0.1, -0.05) is 0 Å². The summed E-state index contributed by atoms with van der Waals surface area (Å²) >= 11 is 0. The number of aromatic nitrogens is 2. The fourth-order valence-corrected chi connectivity index (χ4v) is 1.73. The number of methoxy groups -OCH3 is 1. The standard InChI is InChI=1S/C13H18N4O/c1-18-11-3-4-13(12(14)9-11)16-5-2-7-17-8-6-15-10-17/h3-4,6,8-10,16H,2,5,7,14H2,1H3. The Morgan fingerprint density at radius 1 is 1.44 bits per heavy atom. The van der Waals surface area contributed by atoms with Crippen molar-refractivity contribution in [3.05, 3.63) is 36.9 Å². The SMILES string of the molecule is COc1ccc(NCCCn2ccnc2)c(N)c1. The molecule has 0 spiro atoms. The van der Waals surface area contributed by atoms with Crippen LogP contribution in [0.3, 0.4) is 0 Å². The van der Waals surface area contributed by atoms with Crippen LogP contribution in [0.5, 0.6) is 5.75 Å². The lowest BCUT2D eigenvalue weighted by Gasteiger charge is -2.10. The molecule has 3 N–H and O–H groups in total. The van der Waals surface area contributed by atoms with Gasteiger partial charge in [-0.3, -0.25) is 0 Å². The van der Waals surface area contributed by atoms with Gasteiger partial charge in [0.1, 0.15) is 5.75 Å². The van der Waals surface area contributed by atoms with Gasteiger partial charge in [0.15, 0.2) is 0 Å². The van der Waals surface area contributed by atoms with Crippen molar-refractivity contribution in [2.75, 3.05) is 24.7 Å². The van der Waals surface area contributed by atoms with Crippen LogP contribution in [0.25, 0.3) is 0 Å². The van der Waals surface area contributed by atoms with Gasteiger partial charge < -0.3 is 20.4 Å². The predicted octanol–water partition coefficient (Wildman–Crippen LogP) is 1.98. The van der Waals surface area contributed by atoms with E-state index in [-0.39, 0.29) is 0 Å². The number of benzene rings is 1. The Balaban J connectivity index is 1.79. The molecule has 0 atom stereocenters. The minimum absolute atomic E-state index is 0.706. The highest BCUT2D eigenvalue weighted by molar-refractivity contribution is 5.68. The molecule has 2 rings (SSSR count). The highest BCUT2D eigenvalue weighted by Gasteiger charge is 2.00. The molecule has 1 heterocycles. The molecular formula is C13H18N4O. The summed E-state index contributed by atoms with van der Waals surface area (Å²) in [7, 11) is 1.63. The Labute approximate surface area is 107 Å². The predicted molar refractivity (Wildman–Crippen MR) is 72.7 cm³/mol. The molecule has 0 saturated heterocycles. The zero-order chi connectivity index (χ0) is 12.8. The number of rotatable bonds is 6. The molecule has 0 unspecified atom stereocenters. The number of nitrogens with one attached hydrogen (secondary N) is 1. The zero-order valence-corrected chi connectivity index (χ0v) is 10.5. The molecule has 0 bridgehead atoms. The number of hydrogen-bond acceptors (Lipinski definition) is 4. The van der Waals surface area contributed by atoms with Crippen molar-refractivity contribution in [3.63, 3.8) is 0 Å². The summed E-state index contributed by atoms with van der Waals surface area (Å²) in [5.41, 5.74) is 7.57. The number of anilines is 2. The third-order valence-electron chi connectivity index (χ3n) is 2.73. The Morgan fingerprint density at radius 2 is 2.33 bits per heavy atom. The van der Waals surface area contributed by atoms with E-state index in [4.69, 9.17) is 10.5 Å². The van der Waals surface area contributed by atoms with Crippen molar-refractivity contribution in [1.82, 2.24) is 9.55 Å². The van der Waals surface area contributed by atoms with Gasteiger partial charge in [0, 0.05) is 31.5 Å². The van der Waals surface area contributed by atoms with Crippen molar-refractivity contribution < 1.29 is 4.74 Å². The van der Waals surface area contributed by atoms with Crippen LogP contribution >= 0.6 is 0 Å². The highest BCUT2D eigenvalue weighted by Crippen LogP contribution is 2.23. The summed E-state index contributed by atoms with van der Waals surface area (Å²) in [5, 5.41) is 3.31. The molecule has 1 aromatic carbocycles. The third-order valence-corrected chi connectivity index (χ3v) is 2.73. The van der Waals surface area contributed by atoms with Crippen LogP contribution < -0.4 is 15.8 Å². The van der Waals surface area contributed by atoms with Gasteiger partial charge in [0.25, 0.3) is 0 Å². The topological polar surface area (TPSA) is 65.1 Å². The zero-order valence-electron chi connectivity index (χ0n) is 10.5. The first kappa shape index (κ1) is 12.3. The summed E-state index contributed by atoms with van der Waals surface area (Å²) < 4.78 is 7.16. The lowest BCUT2D eigenvalue weighted by molar-refractivity contribution is 0.415. The van der Waals surface area contributed by atoms with Crippen LogP contribution in [-0.2, 0) is 6.54 Å². The van der Waals surface area contributed by atoms with E-state index >= 15 is 0 Å². The fraction of sp³-hybridized carbons (Fsp3) is 0.308. The van der Waals surface area contributed by atoms with Crippen LogP contribution in [0.15, 0.2) is 36.9 Å². The van der Waals surface area contributed by atoms with Crippen LogP contribution in [0.1, 0.15) is 6.42 Å². The van der Waals surface area contributed by atoms with E-state index in [2.05, 4.69) is 14.9 Å². The summed E-state index contributed by atoms with van der Waals surface area (Å²) in [6, 6.07) is 5.65. The van der Waals surface area contributed by atoms with Gasteiger partial charge in [-0.15, -0.1) is 0 Å². The lowest BCUT2D eigenvalue weighted by atomic mass is 10.2. The summed E-state index contributed by atoms with van der Waals surface area (Å²) in [5.74, 6) is 0.775. The maximum atomic E-state index is 5.92. The summed E-state index contributed by atoms with van der Waals surface area (Å²) in [6.45, 7) is 1.82. The molecule has 0 fully saturated rings. The number of hydrogen-bond donors (Lipinski definition) is 2. The molecule has 5 nitrogen and oxygen atoms in total. The molecule has 1 aromatic heterocycles. The highest BCUT2D eigenvalue weighted by atomic mass is 16.5. The second-order valence-electron chi connectivity index (χ2n) is 4.03. The number of nitrogens with two attached hydrogens (primary N) is 1. The molecule has 0 saturated carbocycles. The van der Waals surface area contributed by atoms with E-state index in [9.17, 15) is 0 Å². The van der Waals surface area contributed by atoms with Crippen LogP contribution in [0.4, 0.5) is 11.4 Å². The smallest absolute Gasteiger partial charge is 0.121 e. The number of aryl methyl sites for hydroxylation is 1. The molecule has 18 heavy (non-hydrogen) atoms. The Hall–Kier alpha value is -2.17. The summed E-state index contributed by atoms with van der Waals surface area (Å²) in [4.78, 5) is 4.00. The Bertz CT molecular complexity index is 482. The second-order valence-corrected chi connectivity index (χ2v) is 4.03. The third kappa shape index (κ3) is 3.16. The number of ether oxygens (including phenoxy) is 1. The Kier molecular flexibility index (Phi) is 4.06. The van der Waals surface area contributed by atoms with E-state index in [0.29, 0.717) is 5.69 Å². The van der Waals surface area contributed by atoms with E-state index in [1.165, 1.54) is 0 Å². The molecule has 0 aliphatic heterocycles. The lowest BCUT2D eigenvalue weighted by Crippen LogP contribution is -2.07. The second kappa shape index (κ2) is 5.95. The van der Waals surface area contributed by atoms with E-state index in [1.54, 1.807) is 13.3 Å². The van der Waals surface area contributed by atoms with Crippen LogP contribution in [0.2, 0.25) is 0 Å². The minimum atomic E-state index is 0.706. The first-order valence-electron chi connectivity index (χ1n) is 5.92. The van der Waals surface area contributed by atoms with Crippen molar-refractivity contribution in [3.8, 4) is 5.75 Å². The van der Waals surface area contributed by atoms with Crippen molar-refractivity contribution in [2.24, 2.45) is 0 Å². The molecule has 0 amide bonds. The van der Waals surface area contributed by atoms with Gasteiger partial charge >= 0.3 is 0 Å². The van der Waals surface area contributed by atoms with Gasteiger partial charge in [0.05, 0.1) is 24.8 Å². The van der Waals surface area contributed by atoms with Crippen molar-refractivity contribution >= 4 is 11.4 Å². The first-order chi connectivity index (χ1) is 8.79. The molecular weight excluding hydrogens is 228 g/mol. The van der Waals surface area contributed by atoms with E-state index < -0.39 is 0 Å². The van der Waals surface area contributed by atoms with Crippen molar-refractivity contribution in [1.29, 1.82) is 0 Å². The maximum absolute atomic E-state index is 5.92. The van der Waals surface area contributed by atoms with Gasteiger partial charge in [-0.25, -0.2) is 4.98 Å². The number of imidazole rings is 1. The van der Waals surface area contributed by atoms with Crippen LogP contribution in [0, 0.1) is 0 Å². The summed E-state index contributed by atoms with van der Waals surface area (Å²) in [6.07, 6.45) is 6.58. The average molecular weight is 246 g/mol.